The monoisotopic (exact) mass is 160 g/mol. The molecule has 4 saturated carbocycles. The molecule has 0 amide bonds. The molecule has 4 aliphatic carbocycles. The Bertz CT molecular complexity index is 257. The van der Waals surface area contributed by atoms with Crippen molar-refractivity contribution in [1.82, 2.24) is 0 Å². The Morgan fingerprint density at radius 3 is 1.17 bits per heavy atom. The van der Waals surface area contributed by atoms with Crippen molar-refractivity contribution < 1.29 is 0 Å². The first-order valence-electron chi connectivity index (χ1n) is 5.58. The molecule has 0 aromatic rings. The highest BCUT2D eigenvalue weighted by atomic mass is 14.6. The highest BCUT2D eigenvalue weighted by Crippen LogP contribution is 2.73. The van der Waals surface area contributed by atoms with E-state index in [4.69, 9.17) is 0 Å². The highest BCUT2D eigenvalue weighted by Gasteiger charge is 2.59. The lowest BCUT2D eigenvalue weighted by atomic mass is 9.64. The fourth-order valence-corrected chi connectivity index (χ4v) is 3.55. The van der Waals surface area contributed by atoms with Gasteiger partial charge in [0, 0.05) is 0 Å². The Hall–Kier alpha value is -0.260. The molecule has 0 aliphatic heterocycles. The third kappa shape index (κ3) is 0.522. The molecule has 0 saturated heterocycles. The molecule has 4 fully saturated rings. The van der Waals surface area contributed by atoms with E-state index in [-0.39, 0.29) is 0 Å². The van der Waals surface area contributed by atoms with Crippen molar-refractivity contribution in [3.8, 4) is 0 Å². The smallest absolute Gasteiger partial charge is 0.00815 e. The van der Waals surface area contributed by atoms with Crippen LogP contribution in [0.1, 0.15) is 51.4 Å². The van der Waals surface area contributed by atoms with Crippen LogP contribution in [-0.4, -0.2) is 0 Å². The van der Waals surface area contributed by atoms with E-state index in [0.29, 0.717) is 0 Å². The predicted molar refractivity (Wildman–Crippen MR) is 48.8 cm³/mol. The Labute approximate surface area is 74.0 Å². The maximum atomic E-state index is 1.96. The molecule has 0 unspecified atom stereocenters. The van der Waals surface area contributed by atoms with Crippen LogP contribution in [0.2, 0.25) is 0 Å². The van der Waals surface area contributed by atoms with E-state index in [9.17, 15) is 0 Å². The molecular formula is C12H16. The minimum atomic E-state index is 0.839. The zero-order chi connectivity index (χ0) is 7.81. The summed E-state index contributed by atoms with van der Waals surface area (Å²) in [5.74, 6) is 0. The lowest BCUT2D eigenvalue weighted by Gasteiger charge is -2.41. The van der Waals surface area contributed by atoms with Gasteiger partial charge in [0.15, 0.2) is 0 Å². The van der Waals surface area contributed by atoms with Crippen molar-refractivity contribution in [1.29, 1.82) is 0 Å². The normalized spacial score (nSPS) is 44.0. The predicted octanol–water partition coefficient (Wildman–Crippen LogP) is 3.43. The molecule has 12 heavy (non-hydrogen) atoms. The van der Waals surface area contributed by atoms with Gasteiger partial charge >= 0.3 is 0 Å². The average Bonchev–Trinajstić information content (AvgIpc) is 2.87. The summed E-state index contributed by atoms with van der Waals surface area (Å²) in [6, 6.07) is 0. The van der Waals surface area contributed by atoms with E-state index in [1.54, 1.807) is 38.5 Å². The van der Waals surface area contributed by atoms with Gasteiger partial charge in [0.25, 0.3) is 0 Å². The fourth-order valence-electron chi connectivity index (χ4n) is 3.55. The van der Waals surface area contributed by atoms with Gasteiger partial charge < -0.3 is 0 Å². The quantitative estimate of drug-likeness (QED) is 0.476. The Morgan fingerprint density at radius 1 is 0.583 bits per heavy atom. The van der Waals surface area contributed by atoms with E-state index in [1.807, 2.05) is 11.1 Å². The van der Waals surface area contributed by atoms with Gasteiger partial charge in [-0.2, -0.15) is 0 Å². The Kier molecular flexibility index (Phi) is 0.799. The van der Waals surface area contributed by atoms with Crippen molar-refractivity contribution in [3.63, 3.8) is 0 Å². The van der Waals surface area contributed by atoms with Gasteiger partial charge in [0.05, 0.1) is 0 Å². The SMILES string of the molecule is C1CC2(CC2)/C1=C1/CCC12CC2. The number of hydrogen-bond donors (Lipinski definition) is 0. The summed E-state index contributed by atoms with van der Waals surface area (Å²) in [6.45, 7) is 0. The average molecular weight is 160 g/mol. The van der Waals surface area contributed by atoms with Crippen LogP contribution in [-0.2, 0) is 0 Å². The molecule has 0 nitrogen and oxygen atoms in total. The van der Waals surface area contributed by atoms with Crippen molar-refractivity contribution in [2.45, 2.75) is 51.4 Å². The number of rotatable bonds is 0. The molecule has 0 atom stereocenters. The zero-order valence-electron chi connectivity index (χ0n) is 7.66. The summed E-state index contributed by atoms with van der Waals surface area (Å²) in [6.07, 6.45) is 12.2. The second kappa shape index (κ2) is 1.54. The molecular weight excluding hydrogens is 144 g/mol. The van der Waals surface area contributed by atoms with E-state index < -0.39 is 0 Å². The summed E-state index contributed by atoms with van der Waals surface area (Å²) in [4.78, 5) is 0. The van der Waals surface area contributed by atoms with Gasteiger partial charge in [0.1, 0.15) is 0 Å². The van der Waals surface area contributed by atoms with Crippen molar-refractivity contribution >= 4 is 0 Å². The van der Waals surface area contributed by atoms with Gasteiger partial charge in [0.2, 0.25) is 0 Å². The van der Waals surface area contributed by atoms with Crippen LogP contribution in [0.4, 0.5) is 0 Å². The lowest BCUT2D eigenvalue weighted by molar-refractivity contribution is 0.346. The number of hydrogen-bond acceptors (Lipinski definition) is 0. The first-order chi connectivity index (χ1) is 5.85. The topological polar surface area (TPSA) is 0 Å². The minimum absolute atomic E-state index is 0.839. The van der Waals surface area contributed by atoms with Crippen LogP contribution >= 0.6 is 0 Å². The summed E-state index contributed by atoms with van der Waals surface area (Å²) in [5.41, 5.74) is 5.61. The van der Waals surface area contributed by atoms with E-state index in [0.717, 1.165) is 10.8 Å². The third-order valence-corrected chi connectivity index (χ3v) is 5.06. The first-order valence-corrected chi connectivity index (χ1v) is 5.58. The second-order valence-electron chi connectivity index (χ2n) is 5.52. The van der Waals surface area contributed by atoms with Crippen LogP contribution in [0.15, 0.2) is 11.1 Å². The molecule has 0 N–H and O–H groups in total. The summed E-state index contributed by atoms with van der Waals surface area (Å²) >= 11 is 0. The molecule has 4 aliphatic rings. The Balaban J connectivity index is 1.77. The molecule has 4 rings (SSSR count). The standard InChI is InChI=1S/C12H16/c1-3-11(5-6-11)9(1)10-2-4-12(10)7-8-12/h1-8H2/b10-9-. The summed E-state index contributed by atoms with van der Waals surface area (Å²) in [7, 11) is 0. The second-order valence-corrected chi connectivity index (χ2v) is 5.52. The highest BCUT2D eigenvalue weighted by molar-refractivity contribution is 5.43. The zero-order valence-corrected chi connectivity index (χ0v) is 7.66. The molecule has 64 valence electrons. The van der Waals surface area contributed by atoms with Crippen LogP contribution < -0.4 is 0 Å². The molecule has 0 aromatic carbocycles. The van der Waals surface area contributed by atoms with Crippen LogP contribution in [0.25, 0.3) is 0 Å². The third-order valence-electron chi connectivity index (χ3n) is 5.06. The minimum Gasteiger partial charge on any atom is -0.0642 e. The summed E-state index contributed by atoms with van der Waals surface area (Å²) in [5, 5.41) is 0. The van der Waals surface area contributed by atoms with Crippen LogP contribution in [0.5, 0.6) is 0 Å². The van der Waals surface area contributed by atoms with Crippen LogP contribution in [0, 0.1) is 10.8 Å². The van der Waals surface area contributed by atoms with Crippen molar-refractivity contribution in [2.24, 2.45) is 10.8 Å². The molecule has 0 bridgehead atoms. The van der Waals surface area contributed by atoms with Gasteiger partial charge in [-0.1, -0.05) is 11.1 Å². The molecule has 0 heterocycles. The van der Waals surface area contributed by atoms with Crippen LogP contribution in [0.3, 0.4) is 0 Å². The maximum Gasteiger partial charge on any atom is -0.00815 e. The van der Waals surface area contributed by atoms with Gasteiger partial charge in [-0.25, -0.2) is 0 Å². The van der Waals surface area contributed by atoms with Gasteiger partial charge in [-0.05, 0) is 62.2 Å². The molecule has 0 heteroatoms. The molecule has 2 spiro atoms. The van der Waals surface area contributed by atoms with Crippen molar-refractivity contribution in [3.05, 3.63) is 11.1 Å². The Morgan fingerprint density at radius 2 is 1.00 bits per heavy atom. The van der Waals surface area contributed by atoms with E-state index in [1.165, 1.54) is 12.8 Å². The number of allylic oxidation sites excluding steroid dienone is 2. The van der Waals surface area contributed by atoms with Gasteiger partial charge in [-0.3, -0.25) is 0 Å². The van der Waals surface area contributed by atoms with E-state index in [2.05, 4.69) is 0 Å². The largest absolute Gasteiger partial charge is 0.0642 e. The van der Waals surface area contributed by atoms with Gasteiger partial charge in [-0.15, -0.1) is 0 Å². The molecule has 0 aromatic heterocycles. The first kappa shape index (κ1) is 6.23. The van der Waals surface area contributed by atoms with Crippen molar-refractivity contribution in [2.75, 3.05) is 0 Å². The summed E-state index contributed by atoms with van der Waals surface area (Å²) < 4.78 is 0. The lowest BCUT2D eigenvalue weighted by Crippen LogP contribution is -2.27. The molecule has 0 radical (unpaired) electrons. The fraction of sp³-hybridized carbons (Fsp3) is 0.833. The van der Waals surface area contributed by atoms with E-state index >= 15 is 0 Å². The maximum absolute atomic E-state index is 1.96.